The summed E-state index contributed by atoms with van der Waals surface area (Å²) in [5, 5.41) is 3.20. The van der Waals surface area contributed by atoms with Crippen LogP contribution in [0.1, 0.15) is 18.1 Å². The van der Waals surface area contributed by atoms with Crippen molar-refractivity contribution in [2.75, 3.05) is 18.5 Å². The molecule has 1 N–H and O–H groups in total. The molecular formula is C17H21FN2. The lowest BCUT2D eigenvalue weighted by Gasteiger charge is -2.23. The van der Waals surface area contributed by atoms with Crippen LogP contribution < -0.4 is 10.2 Å². The number of nitrogens with one attached hydrogen (secondary N) is 1. The lowest BCUT2D eigenvalue weighted by molar-refractivity contribution is 0.593. The summed E-state index contributed by atoms with van der Waals surface area (Å²) >= 11 is 0. The normalized spacial score (nSPS) is 10.6. The van der Waals surface area contributed by atoms with Crippen LogP contribution >= 0.6 is 0 Å². The first-order chi connectivity index (χ1) is 9.63. The summed E-state index contributed by atoms with van der Waals surface area (Å²) in [7, 11) is 1.97. The van der Waals surface area contributed by atoms with E-state index in [9.17, 15) is 4.39 Å². The number of anilines is 2. The van der Waals surface area contributed by atoms with E-state index in [0.29, 0.717) is 12.1 Å². The number of halogens is 1. The van der Waals surface area contributed by atoms with Crippen LogP contribution in [0.2, 0.25) is 0 Å². The molecule has 2 aromatic carbocycles. The Morgan fingerprint density at radius 2 is 1.90 bits per heavy atom. The van der Waals surface area contributed by atoms with Gasteiger partial charge in [-0.25, -0.2) is 4.39 Å². The van der Waals surface area contributed by atoms with E-state index in [-0.39, 0.29) is 5.82 Å². The summed E-state index contributed by atoms with van der Waals surface area (Å²) in [6.07, 6.45) is 0. The zero-order valence-electron chi connectivity index (χ0n) is 12.3. The molecule has 0 saturated heterocycles. The highest BCUT2D eigenvalue weighted by Crippen LogP contribution is 2.29. The minimum absolute atomic E-state index is 0.164. The second-order valence-electron chi connectivity index (χ2n) is 4.92. The van der Waals surface area contributed by atoms with Gasteiger partial charge in [-0.15, -0.1) is 0 Å². The van der Waals surface area contributed by atoms with Crippen LogP contribution in [0, 0.1) is 12.7 Å². The molecular weight excluding hydrogens is 251 g/mol. The van der Waals surface area contributed by atoms with Gasteiger partial charge in [0.2, 0.25) is 0 Å². The highest BCUT2D eigenvalue weighted by Gasteiger charge is 2.12. The average molecular weight is 272 g/mol. The van der Waals surface area contributed by atoms with E-state index in [4.69, 9.17) is 0 Å². The Bertz CT molecular complexity index is 581. The van der Waals surface area contributed by atoms with Crippen LogP contribution in [0.3, 0.4) is 0 Å². The Balaban J connectivity index is 2.38. The maximum absolute atomic E-state index is 14.1. The quantitative estimate of drug-likeness (QED) is 0.884. The third-order valence-electron chi connectivity index (χ3n) is 3.40. The van der Waals surface area contributed by atoms with Crippen molar-refractivity contribution < 1.29 is 4.39 Å². The van der Waals surface area contributed by atoms with E-state index in [1.165, 1.54) is 11.6 Å². The van der Waals surface area contributed by atoms with E-state index in [1.807, 2.05) is 37.1 Å². The van der Waals surface area contributed by atoms with Gasteiger partial charge < -0.3 is 10.2 Å². The smallest absolute Gasteiger partial charge is 0.129 e. The van der Waals surface area contributed by atoms with Crippen molar-refractivity contribution in [3.63, 3.8) is 0 Å². The van der Waals surface area contributed by atoms with Gasteiger partial charge in [0.15, 0.2) is 0 Å². The second-order valence-corrected chi connectivity index (χ2v) is 4.92. The van der Waals surface area contributed by atoms with Gasteiger partial charge in [0, 0.05) is 30.5 Å². The first-order valence-electron chi connectivity index (χ1n) is 6.92. The maximum atomic E-state index is 14.1. The molecule has 3 heteroatoms. The molecule has 0 atom stereocenters. The Morgan fingerprint density at radius 1 is 1.15 bits per heavy atom. The van der Waals surface area contributed by atoms with E-state index < -0.39 is 0 Å². The van der Waals surface area contributed by atoms with E-state index in [2.05, 4.69) is 24.4 Å². The molecule has 2 nitrogen and oxygen atoms in total. The molecule has 20 heavy (non-hydrogen) atoms. The summed E-state index contributed by atoms with van der Waals surface area (Å²) in [6, 6.07) is 13.4. The Kier molecular flexibility index (Phi) is 4.74. The third-order valence-corrected chi connectivity index (χ3v) is 3.40. The van der Waals surface area contributed by atoms with Crippen molar-refractivity contribution in [1.82, 2.24) is 5.32 Å². The Labute approximate surface area is 120 Å². The van der Waals surface area contributed by atoms with Gasteiger partial charge >= 0.3 is 0 Å². The van der Waals surface area contributed by atoms with Crippen LogP contribution in [0.5, 0.6) is 0 Å². The van der Waals surface area contributed by atoms with Crippen LogP contribution in [0.25, 0.3) is 0 Å². The monoisotopic (exact) mass is 272 g/mol. The molecule has 0 heterocycles. The van der Waals surface area contributed by atoms with E-state index >= 15 is 0 Å². The molecule has 0 unspecified atom stereocenters. The van der Waals surface area contributed by atoms with Gasteiger partial charge in [0.05, 0.1) is 0 Å². The van der Waals surface area contributed by atoms with Gasteiger partial charge in [-0.1, -0.05) is 25.1 Å². The minimum Gasteiger partial charge on any atom is -0.344 e. The van der Waals surface area contributed by atoms with E-state index in [0.717, 1.165) is 17.9 Å². The lowest BCUT2D eigenvalue weighted by atomic mass is 10.1. The Hall–Kier alpha value is -1.87. The molecule has 0 radical (unpaired) electrons. The zero-order valence-corrected chi connectivity index (χ0v) is 12.3. The molecule has 2 rings (SSSR count). The number of benzene rings is 2. The predicted molar refractivity (Wildman–Crippen MR) is 83.0 cm³/mol. The van der Waals surface area contributed by atoms with Crippen molar-refractivity contribution in [1.29, 1.82) is 0 Å². The summed E-state index contributed by atoms with van der Waals surface area (Å²) in [5.41, 5.74) is 3.86. The maximum Gasteiger partial charge on any atom is 0.129 e. The van der Waals surface area contributed by atoms with Gasteiger partial charge in [0.25, 0.3) is 0 Å². The van der Waals surface area contributed by atoms with Crippen LogP contribution in [0.4, 0.5) is 15.8 Å². The number of nitrogens with zero attached hydrogens (tertiary/aromatic N) is 1. The van der Waals surface area contributed by atoms with Crippen LogP contribution in [-0.4, -0.2) is 13.6 Å². The fourth-order valence-electron chi connectivity index (χ4n) is 2.26. The topological polar surface area (TPSA) is 15.3 Å². The summed E-state index contributed by atoms with van der Waals surface area (Å²) < 4.78 is 14.1. The molecule has 0 aliphatic carbocycles. The van der Waals surface area contributed by atoms with Gasteiger partial charge in [-0.3, -0.25) is 0 Å². The van der Waals surface area contributed by atoms with Gasteiger partial charge in [0.1, 0.15) is 5.82 Å². The minimum atomic E-state index is -0.164. The molecule has 2 aromatic rings. The summed E-state index contributed by atoms with van der Waals surface area (Å²) in [5.74, 6) is -0.164. The predicted octanol–water partition coefficient (Wildman–Crippen LogP) is 4.01. The summed E-state index contributed by atoms with van der Waals surface area (Å²) in [4.78, 5) is 2.03. The fourth-order valence-corrected chi connectivity index (χ4v) is 2.26. The first kappa shape index (κ1) is 14.5. The van der Waals surface area contributed by atoms with Gasteiger partial charge in [-0.05, 0) is 43.3 Å². The molecule has 0 fully saturated rings. The zero-order chi connectivity index (χ0) is 14.5. The molecule has 0 aliphatic heterocycles. The van der Waals surface area contributed by atoms with Crippen LogP contribution in [-0.2, 0) is 6.54 Å². The number of aryl methyl sites for hydroxylation is 1. The standard InChI is InChI=1S/C17H21FN2/c1-4-19-12-15-16(18)9-6-10-17(15)20(3)14-8-5-7-13(2)11-14/h5-11,19H,4,12H2,1-3H3. The molecule has 0 amide bonds. The molecule has 0 aliphatic rings. The molecule has 0 spiro atoms. The number of hydrogen-bond acceptors (Lipinski definition) is 2. The largest absolute Gasteiger partial charge is 0.344 e. The molecule has 0 bridgehead atoms. The number of rotatable bonds is 5. The molecule has 106 valence electrons. The van der Waals surface area contributed by atoms with Crippen molar-refractivity contribution in [2.45, 2.75) is 20.4 Å². The second kappa shape index (κ2) is 6.53. The highest BCUT2D eigenvalue weighted by atomic mass is 19.1. The van der Waals surface area contributed by atoms with Gasteiger partial charge in [-0.2, -0.15) is 0 Å². The molecule has 0 saturated carbocycles. The van der Waals surface area contributed by atoms with E-state index in [1.54, 1.807) is 6.07 Å². The van der Waals surface area contributed by atoms with Crippen molar-refractivity contribution in [2.24, 2.45) is 0 Å². The Morgan fingerprint density at radius 3 is 2.60 bits per heavy atom. The van der Waals surface area contributed by atoms with Crippen molar-refractivity contribution >= 4 is 11.4 Å². The third kappa shape index (κ3) is 3.17. The molecule has 0 aromatic heterocycles. The SMILES string of the molecule is CCNCc1c(F)cccc1N(C)c1cccc(C)c1. The number of hydrogen-bond donors (Lipinski definition) is 1. The van der Waals surface area contributed by atoms with Crippen molar-refractivity contribution in [3.05, 3.63) is 59.4 Å². The fraction of sp³-hybridized carbons (Fsp3) is 0.294. The summed E-state index contributed by atoms with van der Waals surface area (Å²) in [6.45, 7) is 5.43. The highest BCUT2D eigenvalue weighted by molar-refractivity contribution is 5.66. The van der Waals surface area contributed by atoms with Crippen molar-refractivity contribution in [3.8, 4) is 0 Å². The first-order valence-corrected chi connectivity index (χ1v) is 6.92. The van der Waals surface area contributed by atoms with Crippen LogP contribution in [0.15, 0.2) is 42.5 Å². The lowest BCUT2D eigenvalue weighted by Crippen LogP contribution is -2.18. The average Bonchev–Trinajstić information content (AvgIpc) is 2.45.